The van der Waals surface area contributed by atoms with Crippen LogP contribution in [0.1, 0.15) is 35.4 Å². The number of ketones is 2. The van der Waals surface area contributed by atoms with Gasteiger partial charge in [-0.25, -0.2) is 0 Å². The number of phenols is 1. The van der Waals surface area contributed by atoms with Gasteiger partial charge < -0.3 is 9.84 Å². The second kappa shape index (κ2) is 10.3. The summed E-state index contributed by atoms with van der Waals surface area (Å²) >= 11 is 2.04. The van der Waals surface area contributed by atoms with E-state index in [1.807, 2.05) is 95.4 Å². The van der Waals surface area contributed by atoms with Gasteiger partial charge >= 0.3 is 0 Å². The summed E-state index contributed by atoms with van der Waals surface area (Å²) in [5.41, 5.74) is 1.97. The molecule has 6 atom stereocenters. The Morgan fingerprint density at radius 1 is 0.930 bits per heavy atom. The first kappa shape index (κ1) is 27.8. The number of amides is 2. The molecule has 8 heteroatoms. The zero-order chi connectivity index (χ0) is 30.0. The summed E-state index contributed by atoms with van der Waals surface area (Å²) in [6.07, 6.45) is 4.12. The molecule has 4 aliphatic rings. The molecule has 0 bridgehead atoms. The summed E-state index contributed by atoms with van der Waals surface area (Å²) < 4.78 is 6.08. The highest BCUT2D eigenvalue weighted by Gasteiger charge is 2.65. The number of fused-ring (bicyclic) bond motifs is 4. The van der Waals surface area contributed by atoms with Gasteiger partial charge in [-0.3, -0.25) is 24.5 Å². The van der Waals surface area contributed by atoms with Gasteiger partial charge in [-0.2, -0.15) is 0 Å². The number of hydrogen-bond donors (Lipinski definition) is 2. The lowest BCUT2D eigenvalue weighted by molar-refractivity contribution is -0.135. The number of methoxy groups -OCH3 is 1. The lowest BCUT2D eigenvalue weighted by Crippen LogP contribution is -2.58. The van der Waals surface area contributed by atoms with Crippen LogP contribution in [0.4, 0.5) is 0 Å². The molecule has 1 saturated carbocycles. The Balaban J connectivity index is 1.55. The molecule has 7 rings (SSSR count). The number of rotatable bonds is 4. The molecule has 2 N–H and O–H groups in total. The maximum atomic E-state index is 14.9. The summed E-state index contributed by atoms with van der Waals surface area (Å²) in [5, 5.41) is 13.3. The number of ether oxygens (including phenoxy) is 1. The second-order valence-electron chi connectivity index (χ2n) is 11.7. The van der Waals surface area contributed by atoms with Crippen LogP contribution in [0.2, 0.25) is 0 Å². The van der Waals surface area contributed by atoms with E-state index in [1.54, 1.807) is 6.07 Å². The fraction of sp³-hybridized carbons (Fsp3) is 0.257. The highest BCUT2D eigenvalue weighted by Crippen LogP contribution is 2.63. The Labute approximate surface area is 262 Å². The third-order valence-electron chi connectivity index (χ3n) is 9.82. The highest BCUT2D eigenvalue weighted by molar-refractivity contribution is 14.1. The first-order valence-corrected chi connectivity index (χ1v) is 15.4. The minimum absolute atomic E-state index is 0.0136. The molecule has 2 fully saturated rings. The van der Waals surface area contributed by atoms with Gasteiger partial charge in [0.05, 0.1) is 27.9 Å². The van der Waals surface area contributed by atoms with Crippen LogP contribution in [0.15, 0.2) is 90.5 Å². The van der Waals surface area contributed by atoms with Gasteiger partial charge in [0.1, 0.15) is 0 Å². The molecule has 1 aliphatic heterocycles. The van der Waals surface area contributed by atoms with Crippen molar-refractivity contribution in [3.8, 4) is 11.5 Å². The van der Waals surface area contributed by atoms with Crippen molar-refractivity contribution in [3.05, 3.63) is 111 Å². The number of aromatic hydroxyl groups is 1. The average molecular weight is 686 g/mol. The van der Waals surface area contributed by atoms with E-state index < -0.39 is 35.0 Å². The van der Waals surface area contributed by atoms with Gasteiger partial charge in [0.15, 0.2) is 23.1 Å². The number of benzene rings is 3. The number of carbonyl (C=O) groups is 4. The van der Waals surface area contributed by atoms with Gasteiger partial charge in [0.2, 0.25) is 11.8 Å². The molecule has 2 amide bonds. The van der Waals surface area contributed by atoms with Crippen molar-refractivity contribution < 1.29 is 29.0 Å². The Hall–Kier alpha value is -4.05. The normalized spacial score (nSPS) is 29.6. The van der Waals surface area contributed by atoms with Crippen LogP contribution in [0.5, 0.6) is 11.5 Å². The standard InChI is InChI=1S/C35H28INO6/c1-43-27-15-19(14-26(36)32(27)40)30-21-12-13-22-29(34(42)37-33(22)41)24(21)16-25-31(39)23(18-8-4-2-5-9-18)17-28(38)35(25,30)20-10-6-3-7-11-20/h2-12,14-15,17,22,24-25,29-30,40H,13,16H2,1H3,(H,37,41,42)/t22-,24+,25-,29-,30-,35-/m0/s1. The number of carbonyl (C=O) groups excluding carboxylic acids is 4. The third kappa shape index (κ3) is 3.98. The van der Waals surface area contributed by atoms with Crippen LogP contribution in [-0.2, 0) is 24.6 Å². The average Bonchev–Trinajstić information content (AvgIpc) is 3.32. The SMILES string of the molecule is COc1cc([C@H]2C3=CC[C@@H]4C(=O)NC(=O)[C@@H]4[C@@H]3C[C@H]3C(=O)C(c4ccccc4)=CC(=O)[C@@]23c2ccccc2)cc(I)c1O. The second-order valence-corrected chi connectivity index (χ2v) is 12.9. The predicted octanol–water partition coefficient (Wildman–Crippen LogP) is 5.12. The van der Waals surface area contributed by atoms with Gasteiger partial charge in [0.25, 0.3) is 0 Å². The first-order valence-electron chi connectivity index (χ1n) is 14.3. The van der Waals surface area contributed by atoms with Crippen molar-refractivity contribution in [2.45, 2.75) is 24.2 Å². The molecule has 1 heterocycles. The molecular formula is C35H28INO6. The fourth-order valence-corrected chi connectivity index (χ4v) is 8.70. The topological polar surface area (TPSA) is 110 Å². The molecule has 0 spiro atoms. The van der Waals surface area contributed by atoms with Crippen molar-refractivity contribution in [2.75, 3.05) is 7.11 Å². The van der Waals surface area contributed by atoms with E-state index in [4.69, 9.17) is 4.74 Å². The lowest BCUT2D eigenvalue weighted by atomic mass is 9.44. The summed E-state index contributed by atoms with van der Waals surface area (Å²) in [6.45, 7) is 0. The first-order chi connectivity index (χ1) is 20.8. The Bertz CT molecular complexity index is 1760. The highest BCUT2D eigenvalue weighted by atomic mass is 127. The summed E-state index contributed by atoms with van der Waals surface area (Å²) in [5.74, 6) is -3.78. The molecular weight excluding hydrogens is 657 g/mol. The van der Waals surface area contributed by atoms with Crippen LogP contribution in [0.25, 0.3) is 5.57 Å². The van der Waals surface area contributed by atoms with Crippen LogP contribution in [0, 0.1) is 27.2 Å². The Morgan fingerprint density at radius 2 is 1.63 bits per heavy atom. The van der Waals surface area contributed by atoms with Crippen molar-refractivity contribution in [1.82, 2.24) is 5.32 Å². The van der Waals surface area contributed by atoms with Gasteiger partial charge in [-0.05, 0) is 76.2 Å². The number of nitrogens with one attached hydrogen (secondary N) is 1. The molecule has 1 saturated heterocycles. The van der Waals surface area contributed by atoms with Gasteiger partial charge in [-0.1, -0.05) is 72.3 Å². The zero-order valence-corrected chi connectivity index (χ0v) is 25.4. The van der Waals surface area contributed by atoms with Crippen LogP contribution in [-0.4, -0.2) is 35.6 Å². The molecule has 3 aromatic rings. The minimum atomic E-state index is -1.32. The van der Waals surface area contributed by atoms with E-state index in [0.29, 0.717) is 32.3 Å². The predicted molar refractivity (Wildman–Crippen MR) is 167 cm³/mol. The minimum Gasteiger partial charge on any atom is -0.504 e. The molecule has 0 aromatic heterocycles. The molecule has 3 aliphatic carbocycles. The van der Waals surface area contributed by atoms with Crippen LogP contribution < -0.4 is 10.1 Å². The van der Waals surface area contributed by atoms with E-state index in [-0.39, 0.29) is 41.3 Å². The molecule has 216 valence electrons. The lowest BCUT2D eigenvalue weighted by Gasteiger charge is -2.55. The Kier molecular flexibility index (Phi) is 6.65. The number of imide groups is 1. The zero-order valence-electron chi connectivity index (χ0n) is 23.3. The van der Waals surface area contributed by atoms with Crippen molar-refractivity contribution >= 4 is 51.5 Å². The van der Waals surface area contributed by atoms with Crippen LogP contribution >= 0.6 is 22.6 Å². The van der Waals surface area contributed by atoms with Gasteiger partial charge in [-0.15, -0.1) is 0 Å². The molecule has 0 radical (unpaired) electrons. The quantitative estimate of drug-likeness (QED) is 0.225. The van der Waals surface area contributed by atoms with E-state index in [2.05, 4.69) is 5.32 Å². The number of halogens is 1. The molecule has 43 heavy (non-hydrogen) atoms. The Morgan fingerprint density at radius 3 is 2.33 bits per heavy atom. The maximum absolute atomic E-state index is 14.9. The maximum Gasteiger partial charge on any atom is 0.231 e. The van der Waals surface area contributed by atoms with Crippen molar-refractivity contribution in [2.24, 2.45) is 23.7 Å². The smallest absolute Gasteiger partial charge is 0.231 e. The van der Waals surface area contributed by atoms with E-state index in [9.17, 15) is 24.3 Å². The van der Waals surface area contributed by atoms with E-state index in [0.717, 1.165) is 5.57 Å². The number of phenolic OH excluding ortho intramolecular Hbond substituents is 1. The molecule has 0 unspecified atom stereocenters. The van der Waals surface area contributed by atoms with Gasteiger partial charge in [0, 0.05) is 17.4 Å². The monoisotopic (exact) mass is 685 g/mol. The number of allylic oxidation sites excluding steroid dienone is 4. The fourth-order valence-electron chi connectivity index (χ4n) is 8.08. The molecule has 7 nitrogen and oxygen atoms in total. The number of hydrogen-bond acceptors (Lipinski definition) is 6. The molecule has 3 aromatic carbocycles. The van der Waals surface area contributed by atoms with Crippen molar-refractivity contribution in [1.29, 1.82) is 0 Å². The largest absolute Gasteiger partial charge is 0.504 e. The number of Topliss-reactive ketones (excluding diaryl/α,β-unsaturated/α-hetero) is 1. The third-order valence-corrected chi connectivity index (χ3v) is 10.6. The summed E-state index contributed by atoms with van der Waals surface area (Å²) in [4.78, 5) is 55.7. The van der Waals surface area contributed by atoms with E-state index in [1.165, 1.54) is 13.2 Å². The van der Waals surface area contributed by atoms with Crippen LogP contribution in [0.3, 0.4) is 0 Å². The summed E-state index contributed by atoms with van der Waals surface area (Å²) in [6, 6.07) is 22.1. The summed E-state index contributed by atoms with van der Waals surface area (Å²) in [7, 11) is 1.47. The van der Waals surface area contributed by atoms with E-state index >= 15 is 0 Å². The van der Waals surface area contributed by atoms with Crippen molar-refractivity contribution in [3.63, 3.8) is 0 Å².